The molecule has 1 unspecified atom stereocenters. The van der Waals surface area contributed by atoms with E-state index < -0.39 is 16.8 Å². The molecule has 1 aromatic carbocycles. The zero-order valence-electron chi connectivity index (χ0n) is 18.6. The molecule has 2 N–H and O–H groups in total. The number of esters is 1. The number of carbonyl (C=O) groups is 2. The van der Waals surface area contributed by atoms with Crippen LogP contribution in [0.25, 0.3) is 0 Å². The van der Waals surface area contributed by atoms with Gasteiger partial charge < -0.3 is 10.5 Å². The summed E-state index contributed by atoms with van der Waals surface area (Å²) in [6.45, 7) is 3.96. The second kappa shape index (κ2) is 8.16. The number of nitro groups is 1. The summed E-state index contributed by atoms with van der Waals surface area (Å²) in [5.41, 5.74) is 8.29. The van der Waals surface area contributed by atoms with Crippen molar-refractivity contribution in [1.29, 1.82) is 0 Å². The SMILES string of the molecule is COC(=O)C1=C(N)N(c2cccc([N+](=O)[O-])c2)C2=C(C(=O)CC(C)(C)C2)C1c1cccnc1. The van der Waals surface area contributed by atoms with Gasteiger partial charge in [-0.2, -0.15) is 0 Å². The van der Waals surface area contributed by atoms with Crippen LogP contribution < -0.4 is 10.6 Å². The smallest absolute Gasteiger partial charge is 0.338 e. The van der Waals surface area contributed by atoms with Gasteiger partial charge in [-0.15, -0.1) is 0 Å². The fourth-order valence-corrected chi connectivity index (χ4v) is 4.64. The Hall–Kier alpha value is -4.01. The minimum atomic E-state index is -0.750. The number of allylic oxidation sites excluding steroid dienone is 2. The lowest BCUT2D eigenvalue weighted by atomic mass is 9.68. The standard InChI is InChI=1S/C24H24N4O5/c1-24(2)11-17-20(18(29)12-24)19(14-6-5-9-26-13-14)21(23(30)33-3)22(25)27(17)15-7-4-8-16(10-15)28(31)32/h4-10,13,19H,11-12,25H2,1-3H3. The van der Waals surface area contributed by atoms with Crippen molar-refractivity contribution in [2.24, 2.45) is 11.1 Å². The Balaban J connectivity index is 2.04. The highest BCUT2D eigenvalue weighted by Gasteiger charge is 2.46. The fraction of sp³-hybridized carbons (Fsp3) is 0.292. The van der Waals surface area contributed by atoms with E-state index in [1.807, 2.05) is 13.8 Å². The maximum Gasteiger partial charge on any atom is 0.338 e. The van der Waals surface area contributed by atoms with Gasteiger partial charge in [0.1, 0.15) is 5.82 Å². The molecule has 0 amide bonds. The number of nitrogens with zero attached hydrogens (tertiary/aromatic N) is 3. The topological polar surface area (TPSA) is 129 Å². The minimum absolute atomic E-state index is 0.0699. The Morgan fingerprint density at radius 3 is 2.67 bits per heavy atom. The number of aromatic nitrogens is 1. The number of ketones is 1. The number of hydrogen-bond donors (Lipinski definition) is 1. The molecule has 0 saturated carbocycles. The number of Topliss-reactive ketones (excluding diaryl/α,β-unsaturated/α-hetero) is 1. The van der Waals surface area contributed by atoms with Gasteiger partial charge in [0.25, 0.3) is 5.69 Å². The van der Waals surface area contributed by atoms with Crippen molar-refractivity contribution in [3.63, 3.8) is 0 Å². The second-order valence-corrected chi connectivity index (χ2v) is 8.92. The number of benzene rings is 1. The van der Waals surface area contributed by atoms with E-state index in [4.69, 9.17) is 10.5 Å². The third-order valence-corrected chi connectivity index (χ3v) is 5.98. The van der Waals surface area contributed by atoms with Crippen LogP contribution in [0.5, 0.6) is 0 Å². The molecule has 0 spiro atoms. The molecule has 1 aliphatic carbocycles. The van der Waals surface area contributed by atoms with Gasteiger partial charge in [-0.25, -0.2) is 4.79 Å². The van der Waals surface area contributed by atoms with E-state index in [-0.39, 0.29) is 28.3 Å². The van der Waals surface area contributed by atoms with Crippen molar-refractivity contribution < 1.29 is 19.2 Å². The number of ether oxygens (including phenoxy) is 1. The van der Waals surface area contributed by atoms with Gasteiger partial charge in [0.2, 0.25) is 0 Å². The molecule has 2 aromatic rings. The van der Waals surface area contributed by atoms with Gasteiger partial charge in [-0.05, 0) is 29.5 Å². The lowest BCUT2D eigenvalue weighted by Gasteiger charge is -2.44. The third kappa shape index (κ3) is 3.86. The molecule has 170 valence electrons. The highest BCUT2D eigenvalue weighted by Crippen LogP contribution is 2.50. The Bertz CT molecular complexity index is 1220. The Morgan fingerprint density at radius 2 is 2.03 bits per heavy atom. The molecular formula is C24H24N4O5. The van der Waals surface area contributed by atoms with Crippen LogP contribution in [0, 0.1) is 15.5 Å². The summed E-state index contributed by atoms with van der Waals surface area (Å²) in [6.07, 6.45) is 3.98. The summed E-state index contributed by atoms with van der Waals surface area (Å²) in [4.78, 5) is 43.1. The minimum Gasteiger partial charge on any atom is -0.466 e. The predicted octanol–water partition coefficient (Wildman–Crippen LogP) is 3.58. The second-order valence-electron chi connectivity index (χ2n) is 8.92. The van der Waals surface area contributed by atoms with E-state index in [1.54, 1.807) is 41.6 Å². The Kier molecular flexibility index (Phi) is 5.49. The van der Waals surface area contributed by atoms with Gasteiger partial charge in [0.05, 0.1) is 29.2 Å². The monoisotopic (exact) mass is 448 g/mol. The largest absolute Gasteiger partial charge is 0.466 e. The molecular weight excluding hydrogens is 424 g/mol. The molecule has 1 aromatic heterocycles. The average molecular weight is 448 g/mol. The first-order valence-electron chi connectivity index (χ1n) is 10.4. The molecule has 33 heavy (non-hydrogen) atoms. The van der Waals surface area contributed by atoms with E-state index in [0.717, 1.165) is 0 Å². The number of hydrogen-bond acceptors (Lipinski definition) is 8. The molecule has 2 aliphatic rings. The van der Waals surface area contributed by atoms with Crippen LogP contribution in [0.1, 0.15) is 38.2 Å². The van der Waals surface area contributed by atoms with Crippen molar-refractivity contribution in [2.75, 3.05) is 12.0 Å². The van der Waals surface area contributed by atoms with Crippen molar-refractivity contribution >= 4 is 23.1 Å². The highest BCUT2D eigenvalue weighted by molar-refractivity contribution is 6.05. The summed E-state index contributed by atoms with van der Waals surface area (Å²) in [6, 6.07) is 9.47. The molecule has 1 atom stereocenters. The number of pyridine rings is 1. The summed E-state index contributed by atoms with van der Waals surface area (Å²) in [5.74, 6) is -1.47. The molecule has 0 bridgehead atoms. The predicted molar refractivity (Wildman–Crippen MR) is 121 cm³/mol. The molecule has 9 nitrogen and oxygen atoms in total. The van der Waals surface area contributed by atoms with E-state index in [0.29, 0.717) is 35.4 Å². The number of non-ortho nitro benzene ring substituents is 1. The first kappa shape index (κ1) is 22.2. The van der Waals surface area contributed by atoms with Crippen LogP contribution >= 0.6 is 0 Å². The number of nitrogens with two attached hydrogens (primary N) is 1. The summed E-state index contributed by atoms with van der Waals surface area (Å²) in [5, 5.41) is 11.4. The summed E-state index contributed by atoms with van der Waals surface area (Å²) >= 11 is 0. The zero-order chi connectivity index (χ0) is 23.9. The molecule has 9 heteroatoms. The molecule has 4 rings (SSSR count). The van der Waals surface area contributed by atoms with E-state index in [2.05, 4.69) is 4.98 Å². The van der Waals surface area contributed by atoms with E-state index in [9.17, 15) is 19.7 Å². The van der Waals surface area contributed by atoms with Crippen LogP contribution in [-0.4, -0.2) is 28.8 Å². The number of carbonyl (C=O) groups excluding carboxylic acids is 2. The molecule has 1 aliphatic heterocycles. The van der Waals surface area contributed by atoms with E-state index in [1.165, 1.54) is 19.2 Å². The van der Waals surface area contributed by atoms with Crippen molar-refractivity contribution in [2.45, 2.75) is 32.6 Å². The molecule has 0 fully saturated rings. The Labute approximate surface area is 190 Å². The van der Waals surface area contributed by atoms with Crippen molar-refractivity contribution in [3.05, 3.63) is 87.1 Å². The van der Waals surface area contributed by atoms with Crippen molar-refractivity contribution in [3.8, 4) is 0 Å². The first-order valence-corrected chi connectivity index (χ1v) is 10.4. The third-order valence-electron chi connectivity index (χ3n) is 5.98. The quantitative estimate of drug-likeness (QED) is 0.427. The van der Waals surface area contributed by atoms with Crippen LogP contribution in [0.4, 0.5) is 11.4 Å². The van der Waals surface area contributed by atoms with Gasteiger partial charge in [-0.1, -0.05) is 26.0 Å². The number of nitro benzene ring substituents is 1. The lowest BCUT2D eigenvalue weighted by Crippen LogP contribution is -2.43. The van der Waals surface area contributed by atoms with Gasteiger partial charge in [0, 0.05) is 42.2 Å². The zero-order valence-corrected chi connectivity index (χ0v) is 18.6. The van der Waals surface area contributed by atoms with Crippen LogP contribution in [0.15, 0.2) is 71.5 Å². The van der Waals surface area contributed by atoms with Gasteiger partial charge >= 0.3 is 5.97 Å². The summed E-state index contributed by atoms with van der Waals surface area (Å²) in [7, 11) is 1.25. The normalized spacial score (nSPS) is 19.9. The van der Waals surface area contributed by atoms with Crippen LogP contribution in [0.3, 0.4) is 0 Å². The maximum atomic E-state index is 13.5. The van der Waals surface area contributed by atoms with Crippen LogP contribution in [-0.2, 0) is 14.3 Å². The summed E-state index contributed by atoms with van der Waals surface area (Å²) < 4.78 is 5.05. The average Bonchev–Trinajstić information content (AvgIpc) is 2.77. The Morgan fingerprint density at radius 1 is 1.27 bits per heavy atom. The van der Waals surface area contributed by atoms with Crippen molar-refractivity contribution in [1.82, 2.24) is 4.98 Å². The van der Waals surface area contributed by atoms with E-state index >= 15 is 0 Å². The lowest BCUT2D eigenvalue weighted by molar-refractivity contribution is -0.384. The highest BCUT2D eigenvalue weighted by atomic mass is 16.6. The maximum absolute atomic E-state index is 13.5. The first-order chi connectivity index (χ1) is 15.6. The molecule has 0 saturated heterocycles. The van der Waals surface area contributed by atoms with Crippen LogP contribution in [0.2, 0.25) is 0 Å². The number of anilines is 1. The number of methoxy groups -OCH3 is 1. The van der Waals surface area contributed by atoms with Gasteiger partial charge in [-0.3, -0.25) is 24.8 Å². The molecule has 0 radical (unpaired) electrons. The number of rotatable bonds is 4. The van der Waals surface area contributed by atoms with Gasteiger partial charge in [0.15, 0.2) is 5.78 Å². The molecule has 2 heterocycles. The fourth-order valence-electron chi connectivity index (χ4n) is 4.64.